The van der Waals surface area contributed by atoms with E-state index in [1.807, 2.05) is 27.2 Å². The Hall–Kier alpha value is -0.920. The predicted molar refractivity (Wildman–Crippen MR) is 222 cm³/mol. The van der Waals surface area contributed by atoms with Crippen LogP contribution in [0, 0.1) is 0 Å². The van der Waals surface area contributed by atoms with E-state index in [9.17, 15) is 14.3 Å². The molecule has 53 heavy (non-hydrogen) atoms. The number of hydrogen-bond acceptors (Lipinski definition) is 7. The van der Waals surface area contributed by atoms with E-state index >= 15 is 0 Å². The molecule has 0 aromatic heterocycles. The Balaban J connectivity index is 4.23. The fourth-order valence-electron chi connectivity index (χ4n) is 6.40. The summed E-state index contributed by atoms with van der Waals surface area (Å²) in [5, 5.41) is 0. The van der Waals surface area contributed by atoms with Gasteiger partial charge in [-0.05, 0) is 25.3 Å². The van der Waals surface area contributed by atoms with Gasteiger partial charge in [0.25, 0.3) is 7.82 Å². The second-order valence-electron chi connectivity index (χ2n) is 16.5. The first-order valence-electron chi connectivity index (χ1n) is 22.5. The zero-order valence-electron chi connectivity index (χ0n) is 35.7. The quantitative estimate of drug-likeness (QED) is 0.0200. The number of phosphoric ester groups is 1. The van der Waals surface area contributed by atoms with Gasteiger partial charge >= 0.3 is 5.97 Å². The van der Waals surface area contributed by atoms with Gasteiger partial charge in [0, 0.05) is 6.42 Å². The van der Waals surface area contributed by atoms with Crippen LogP contribution in [0.5, 0.6) is 0 Å². The summed E-state index contributed by atoms with van der Waals surface area (Å²) in [6, 6.07) is 0. The van der Waals surface area contributed by atoms with Gasteiger partial charge in [0.05, 0.1) is 34.0 Å². The molecule has 0 fully saturated rings. The van der Waals surface area contributed by atoms with Crippen LogP contribution in [0.2, 0.25) is 0 Å². The summed E-state index contributed by atoms with van der Waals surface area (Å²) >= 11 is 0. The van der Waals surface area contributed by atoms with Gasteiger partial charge in [0.15, 0.2) is 6.10 Å². The number of carbonyl (C=O) groups excluding carboxylic acids is 1. The standard InChI is InChI=1S/C44H88NO7P/c1-6-8-10-12-14-16-18-20-22-23-24-25-27-29-31-33-35-37-44(46)52-43(42-51-53(47,48)50-40-38-45(3,4)5)41-49-39-36-34-32-30-28-26-21-19-17-15-13-11-9-7-2/h36,39,43H,6-35,37-38,40-42H2,1-5H3/b39-36+/t43-/m1/s1. The van der Waals surface area contributed by atoms with Gasteiger partial charge in [-0.3, -0.25) is 9.36 Å². The Kier molecular flexibility index (Phi) is 37.3. The monoisotopic (exact) mass is 774 g/mol. The van der Waals surface area contributed by atoms with Crippen LogP contribution in [0.3, 0.4) is 0 Å². The van der Waals surface area contributed by atoms with E-state index in [-0.39, 0.29) is 25.8 Å². The Morgan fingerprint density at radius 1 is 0.585 bits per heavy atom. The van der Waals surface area contributed by atoms with Gasteiger partial charge in [0.1, 0.15) is 19.8 Å². The SMILES string of the molecule is CCCCCCCCCCCCCC/C=C/OC[C@H](COP(=O)([O-])OCC[N+](C)(C)C)OC(=O)CCCCCCCCCCCCCCCCCCC. The lowest BCUT2D eigenvalue weighted by molar-refractivity contribution is -0.870. The second kappa shape index (κ2) is 38.0. The van der Waals surface area contributed by atoms with E-state index in [4.69, 9.17) is 18.5 Å². The number of quaternary nitrogens is 1. The van der Waals surface area contributed by atoms with Crippen molar-refractivity contribution < 1.29 is 37.3 Å². The van der Waals surface area contributed by atoms with Gasteiger partial charge in [-0.2, -0.15) is 0 Å². The summed E-state index contributed by atoms with van der Waals surface area (Å²) in [6.45, 7) is 4.77. The molecule has 0 aromatic carbocycles. The maximum absolute atomic E-state index is 12.7. The van der Waals surface area contributed by atoms with Crippen molar-refractivity contribution in [1.82, 2.24) is 0 Å². The second-order valence-corrected chi connectivity index (χ2v) is 17.9. The molecule has 0 saturated carbocycles. The molecule has 2 atom stereocenters. The molecule has 0 aromatic rings. The summed E-state index contributed by atoms with van der Waals surface area (Å²) < 4.78 is 34.3. The first-order chi connectivity index (χ1) is 25.6. The number of esters is 1. The number of nitrogens with zero attached hydrogens (tertiary/aromatic N) is 1. The minimum Gasteiger partial charge on any atom is -0.756 e. The third-order valence-corrected chi connectivity index (χ3v) is 10.9. The van der Waals surface area contributed by atoms with E-state index in [0.29, 0.717) is 17.4 Å². The van der Waals surface area contributed by atoms with Crippen molar-refractivity contribution in [2.45, 2.75) is 219 Å². The molecule has 0 spiro atoms. The highest BCUT2D eigenvalue weighted by atomic mass is 31.2. The third kappa shape index (κ3) is 42.1. The zero-order valence-corrected chi connectivity index (χ0v) is 36.6. The first kappa shape index (κ1) is 52.1. The van der Waals surface area contributed by atoms with Gasteiger partial charge in [-0.1, -0.05) is 187 Å². The Morgan fingerprint density at radius 2 is 0.981 bits per heavy atom. The minimum atomic E-state index is -4.53. The van der Waals surface area contributed by atoms with Crippen LogP contribution in [0.25, 0.3) is 0 Å². The summed E-state index contributed by atoms with van der Waals surface area (Å²) in [6.07, 6.45) is 41.7. The smallest absolute Gasteiger partial charge is 0.306 e. The van der Waals surface area contributed by atoms with Crippen LogP contribution in [-0.4, -0.2) is 64.1 Å². The van der Waals surface area contributed by atoms with E-state index in [1.165, 1.54) is 161 Å². The Labute approximate surface area is 329 Å². The molecular formula is C44H88NO7P. The number of allylic oxidation sites excluding steroid dienone is 1. The molecule has 316 valence electrons. The molecule has 0 heterocycles. The predicted octanol–water partition coefficient (Wildman–Crippen LogP) is 12.8. The molecule has 0 bridgehead atoms. The van der Waals surface area contributed by atoms with E-state index in [2.05, 4.69) is 13.8 Å². The highest BCUT2D eigenvalue weighted by Crippen LogP contribution is 2.38. The maximum Gasteiger partial charge on any atom is 0.306 e. The van der Waals surface area contributed by atoms with Crippen molar-refractivity contribution in [1.29, 1.82) is 0 Å². The first-order valence-corrected chi connectivity index (χ1v) is 23.9. The van der Waals surface area contributed by atoms with Gasteiger partial charge in [-0.25, -0.2) is 0 Å². The third-order valence-electron chi connectivity index (χ3n) is 9.91. The van der Waals surface area contributed by atoms with E-state index < -0.39 is 13.9 Å². The zero-order chi connectivity index (χ0) is 39.1. The van der Waals surface area contributed by atoms with Crippen LogP contribution < -0.4 is 4.89 Å². The van der Waals surface area contributed by atoms with E-state index in [0.717, 1.165) is 32.1 Å². The van der Waals surface area contributed by atoms with E-state index in [1.54, 1.807) is 6.26 Å². The van der Waals surface area contributed by atoms with Crippen LogP contribution in [-0.2, 0) is 27.9 Å². The average Bonchev–Trinajstić information content (AvgIpc) is 3.11. The number of likely N-dealkylation sites (N-methyl/N-ethyl adjacent to an activating group) is 1. The molecule has 0 rings (SSSR count). The van der Waals surface area contributed by atoms with Crippen molar-refractivity contribution in [3.63, 3.8) is 0 Å². The van der Waals surface area contributed by atoms with Crippen molar-refractivity contribution in [3.05, 3.63) is 12.3 Å². The van der Waals surface area contributed by atoms with Crippen LogP contribution in [0.4, 0.5) is 0 Å². The highest BCUT2D eigenvalue weighted by Gasteiger charge is 2.20. The number of hydrogen-bond donors (Lipinski definition) is 0. The van der Waals surface area contributed by atoms with Crippen LogP contribution in [0.15, 0.2) is 12.3 Å². The van der Waals surface area contributed by atoms with Gasteiger partial charge in [-0.15, -0.1) is 0 Å². The van der Waals surface area contributed by atoms with Gasteiger partial charge < -0.3 is 27.9 Å². The maximum atomic E-state index is 12.7. The van der Waals surface area contributed by atoms with Crippen LogP contribution in [0.1, 0.15) is 213 Å². The normalized spacial score (nSPS) is 13.8. The summed E-state index contributed by atoms with van der Waals surface area (Å²) in [7, 11) is 1.34. The molecule has 0 N–H and O–H groups in total. The number of rotatable bonds is 42. The number of phosphoric acid groups is 1. The summed E-state index contributed by atoms with van der Waals surface area (Å²) in [5.41, 5.74) is 0. The van der Waals surface area contributed by atoms with Gasteiger partial charge in [0.2, 0.25) is 0 Å². The molecule has 0 aliphatic rings. The molecular weight excluding hydrogens is 685 g/mol. The largest absolute Gasteiger partial charge is 0.756 e. The van der Waals surface area contributed by atoms with Crippen molar-refractivity contribution >= 4 is 13.8 Å². The molecule has 1 unspecified atom stereocenters. The summed E-state index contributed by atoms with van der Waals surface area (Å²) in [5.74, 6) is -0.352. The minimum absolute atomic E-state index is 0.0202. The fraction of sp³-hybridized carbons (Fsp3) is 0.932. The average molecular weight is 774 g/mol. The highest BCUT2D eigenvalue weighted by molar-refractivity contribution is 7.45. The summed E-state index contributed by atoms with van der Waals surface area (Å²) in [4.78, 5) is 25.0. The molecule has 0 radical (unpaired) electrons. The van der Waals surface area contributed by atoms with Crippen molar-refractivity contribution in [2.75, 3.05) is 47.5 Å². The molecule has 0 amide bonds. The number of carbonyl (C=O) groups is 1. The molecule has 8 nitrogen and oxygen atoms in total. The molecule has 9 heteroatoms. The lowest BCUT2D eigenvalue weighted by Crippen LogP contribution is -2.37. The van der Waals surface area contributed by atoms with Crippen molar-refractivity contribution in [3.8, 4) is 0 Å². The van der Waals surface area contributed by atoms with Crippen LogP contribution >= 0.6 is 7.82 Å². The number of ether oxygens (including phenoxy) is 2. The fourth-order valence-corrected chi connectivity index (χ4v) is 7.12. The topological polar surface area (TPSA) is 94.1 Å². The molecule has 0 aliphatic heterocycles. The van der Waals surface area contributed by atoms with Crippen molar-refractivity contribution in [2.24, 2.45) is 0 Å². The molecule has 0 aliphatic carbocycles. The Morgan fingerprint density at radius 3 is 1.40 bits per heavy atom. The molecule has 0 saturated heterocycles. The lowest BCUT2D eigenvalue weighted by Gasteiger charge is -2.28. The Bertz CT molecular complexity index is 863. The number of unbranched alkanes of at least 4 members (excludes halogenated alkanes) is 28. The lowest BCUT2D eigenvalue weighted by atomic mass is 10.0.